The quantitative estimate of drug-likeness (QED) is 0.389. The molecule has 2 aromatic rings. The molecule has 2 saturated heterocycles. The Labute approximate surface area is 246 Å². The van der Waals surface area contributed by atoms with Crippen LogP contribution in [0.25, 0.3) is 0 Å². The summed E-state index contributed by atoms with van der Waals surface area (Å²) in [7, 11) is 0. The molecule has 2 aromatic carbocycles. The van der Waals surface area contributed by atoms with Crippen LogP contribution in [-0.2, 0) is 37.7 Å². The van der Waals surface area contributed by atoms with Crippen molar-refractivity contribution in [1.82, 2.24) is 4.90 Å². The fourth-order valence-electron chi connectivity index (χ4n) is 7.66. The van der Waals surface area contributed by atoms with Crippen molar-refractivity contribution < 1.29 is 29.3 Å². The molecule has 2 N–H and O–H groups in total. The summed E-state index contributed by atoms with van der Waals surface area (Å²) in [5, 5.41) is 21.6. The zero-order chi connectivity index (χ0) is 30.0. The van der Waals surface area contributed by atoms with Gasteiger partial charge in [0.15, 0.2) is 5.60 Å². The van der Waals surface area contributed by atoms with Crippen LogP contribution in [0, 0.1) is 11.8 Å². The van der Waals surface area contributed by atoms with Crippen molar-refractivity contribution in [2.45, 2.75) is 69.9 Å². The van der Waals surface area contributed by atoms with E-state index in [1.165, 1.54) is 0 Å². The third-order valence-corrected chi connectivity index (χ3v) is 9.70. The lowest BCUT2D eigenvalue weighted by Gasteiger charge is -2.38. The molecule has 0 aromatic heterocycles. The molecule has 0 radical (unpaired) electrons. The number of hydrogen-bond donors (Lipinski definition) is 2. The predicted octanol–water partition coefficient (Wildman–Crippen LogP) is 2.91. The van der Waals surface area contributed by atoms with Gasteiger partial charge in [-0.15, -0.1) is 6.58 Å². The number of amides is 3. The van der Waals surface area contributed by atoms with Gasteiger partial charge >= 0.3 is 0 Å². The molecular weight excluding hydrogens is 534 g/mol. The Morgan fingerprint density at radius 2 is 1.93 bits per heavy atom. The summed E-state index contributed by atoms with van der Waals surface area (Å²) < 4.78 is 6.79. The summed E-state index contributed by atoms with van der Waals surface area (Å²) in [4.78, 5) is 45.6. The van der Waals surface area contributed by atoms with Crippen LogP contribution in [0.2, 0.25) is 0 Å². The normalized spacial score (nSPS) is 28.6. The number of rotatable bonds is 7. The predicted molar refractivity (Wildman–Crippen MR) is 158 cm³/mol. The molecule has 4 aliphatic heterocycles. The highest BCUT2D eigenvalue weighted by Gasteiger charge is 2.66. The van der Waals surface area contributed by atoms with Crippen LogP contribution in [0.4, 0.5) is 11.4 Å². The van der Waals surface area contributed by atoms with Gasteiger partial charge in [0.05, 0.1) is 36.5 Å². The summed E-state index contributed by atoms with van der Waals surface area (Å²) in [6, 6.07) is 13.1. The van der Waals surface area contributed by atoms with E-state index in [4.69, 9.17) is 4.74 Å². The highest BCUT2D eigenvalue weighted by Crippen LogP contribution is 2.58. The maximum absolute atomic E-state index is 14.3. The van der Waals surface area contributed by atoms with Gasteiger partial charge in [0, 0.05) is 49.1 Å². The molecule has 1 spiro atoms. The summed E-state index contributed by atoms with van der Waals surface area (Å²) in [6.07, 6.45) is 1.88. The standard InChI is InChI=1S/C33H39N3O6/c1-5-13-35-26-11-10-23(34-14-12-28(34)38)16-25(26)33(31(35)40)20(2)30(32(3,4)41)27(42-33)17-29(39)36-18-22-9-7-6-8-21(22)15-24(36)19-37/h5-11,16,20,24,27,30,37,41H,1,12-15,17-19H2,2-4H3/t20-,24-,27+,30-,33+/m0/s1. The second kappa shape index (κ2) is 10.3. The number of anilines is 2. The molecule has 2 fully saturated rings. The van der Waals surface area contributed by atoms with E-state index in [2.05, 4.69) is 6.58 Å². The van der Waals surface area contributed by atoms with Gasteiger partial charge in [-0.05, 0) is 49.6 Å². The van der Waals surface area contributed by atoms with Crippen molar-refractivity contribution in [2.75, 3.05) is 29.5 Å². The lowest BCUT2D eigenvalue weighted by molar-refractivity contribution is -0.151. The van der Waals surface area contributed by atoms with Crippen LogP contribution >= 0.6 is 0 Å². The fraction of sp³-hybridized carbons (Fsp3) is 0.485. The summed E-state index contributed by atoms with van der Waals surface area (Å²) in [6.45, 7) is 10.2. The third-order valence-electron chi connectivity index (χ3n) is 9.70. The highest BCUT2D eigenvalue weighted by molar-refractivity contribution is 6.09. The Hall–Kier alpha value is -3.53. The van der Waals surface area contributed by atoms with Crippen molar-refractivity contribution in [3.05, 3.63) is 71.8 Å². The number of aliphatic hydroxyl groups excluding tert-OH is 1. The highest BCUT2D eigenvalue weighted by atomic mass is 16.5. The van der Waals surface area contributed by atoms with Gasteiger partial charge in [-0.2, -0.15) is 0 Å². The molecular formula is C33H39N3O6. The first kappa shape index (κ1) is 28.6. The van der Waals surface area contributed by atoms with Crippen molar-refractivity contribution in [1.29, 1.82) is 0 Å². The van der Waals surface area contributed by atoms with E-state index in [1.807, 2.05) is 49.4 Å². The van der Waals surface area contributed by atoms with Gasteiger partial charge in [0.1, 0.15) is 0 Å². The van der Waals surface area contributed by atoms with Gasteiger partial charge in [-0.3, -0.25) is 14.4 Å². The van der Waals surface area contributed by atoms with Crippen molar-refractivity contribution >= 4 is 29.1 Å². The molecule has 9 heteroatoms. The summed E-state index contributed by atoms with van der Waals surface area (Å²) in [5.41, 5.74) is 1.47. The molecule has 0 saturated carbocycles. The van der Waals surface area contributed by atoms with E-state index in [0.717, 1.165) is 11.1 Å². The number of hydrogen-bond acceptors (Lipinski definition) is 6. The van der Waals surface area contributed by atoms with Crippen LogP contribution in [0.3, 0.4) is 0 Å². The van der Waals surface area contributed by atoms with E-state index >= 15 is 0 Å². The number of carbonyl (C=O) groups is 3. The van der Waals surface area contributed by atoms with Crippen LogP contribution < -0.4 is 9.80 Å². The van der Waals surface area contributed by atoms with Gasteiger partial charge in [-0.25, -0.2) is 0 Å². The van der Waals surface area contributed by atoms with E-state index < -0.39 is 29.1 Å². The second-order valence-electron chi connectivity index (χ2n) is 12.6. The molecule has 0 aliphatic carbocycles. The molecule has 4 heterocycles. The number of nitrogens with zero attached hydrogens (tertiary/aromatic N) is 3. The van der Waals surface area contributed by atoms with Gasteiger partial charge in [-0.1, -0.05) is 37.3 Å². The SMILES string of the molecule is C=CCN1C(=O)[C@]2(O[C@H](CC(=O)N3Cc4ccccc4C[C@H]3CO)[C@@H](C(C)(C)O)[C@@H]2C)c2cc(N3CCC3=O)ccc21. The van der Waals surface area contributed by atoms with E-state index in [-0.39, 0.29) is 43.3 Å². The first-order chi connectivity index (χ1) is 20.0. The Balaban J connectivity index is 1.37. The molecule has 42 heavy (non-hydrogen) atoms. The van der Waals surface area contributed by atoms with Gasteiger partial charge in [0.2, 0.25) is 11.8 Å². The number of benzene rings is 2. The Morgan fingerprint density at radius 3 is 2.55 bits per heavy atom. The molecule has 222 valence electrons. The topological polar surface area (TPSA) is 111 Å². The number of carbonyl (C=O) groups excluding carboxylic acids is 3. The number of fused-ring (bicyclic) bond motifs is 3. The molecule has 3 amide bonds. The zero-order valence-electron chi connectivity index (χ0n) is 24.5. The minimum atomic E-state index is -1.44. The molecule has 0 unspecified atom stereocenters. The number of ether oxygens (including phenoxy) is 1. The van der Waals surface area contributed by atoms with Crippen molar-refractivity contribution in [3.8, 4) is 0 Å². The Bertz CT molecular complexity index is 1450. The summed E-state index contributed by atoms with van der Waals surface area (Å²) >= 11 is 0. The maximum Gasteiger partial charge on any atom is 0.264 e. The zero-order valence-corrected chi connectivity index (χ0v) is 24.5. The molecule has 5 atom stereocenters. The maximum atomic E-state index is 14.3. The van der Waals surface area contributed by atoms with E-state index in [0.29, 0.717) is 42.9 Å². The minimum absolute atomic E-state index is 0.0241. The Kier molecular flexibility index (Phi) is 7.03. The smallest absolute Gasteiger partial charge is 0.264 e. The molecule has 4 aliphatic rings. The van der Waals surface area contributed by atoms with Gasteiger partial charge in [0.25, 0.3) is 5.91 Å². The summed E-state index contributed by atoms with van der Waals surface area (Å²) in [5.74, 6) is -1.48. The Morgan fingerprint density at radius 1 is 1.19 bits per heavy atom. The van der Waals surface area contributed by atoms with Crippen LogP contribution in [-0.4, -0.2) is 70.3 Å². The van der Waals surface area contributed by atoms with Crippen molar-refractivity contribution in [3.63, 3.8) is 0 Å². The average molecular weight is 574 g/mol. The van der Waals surface area contributed by atoms with E-state index in [9.17, 15) is 24.6 Å². The average Bonchev–Trinajstić information content (AvgIpc) is 3.37. The largest absolute Gasteiger partial charge is 0.394 e. The number of β-lactam (4-membered cyclic amide) rings is 1. The lowest BCUT2D eigenvalue weighted by Crippen LogP contribution is -2.48. The lowest BCUT2D eigenvalue weighted by atomic mass is 9.70. The molecule has 6 rings (SSSR count). The first-order valence-corrected chi connectivity index (χ1v) is 14.8. The monoisotopic (exact) mass is 573 g/mol. The van der Waals surface area contributed by atoms with Crippen LogP contribution in [0.1, 0.15) is 50.3 Å². The third kappa shape index (κ3) is 4.29. The van der Waals surface area contributed by atoms with Crippen LogP contribution in [0.5, 0.6) is 0 Å². The fourth-order valence-corrected chi connectivity index (χ4v) is 7.66. The van der Waals surface area contributed by atoms with Crippen LogP contribution in [0.15, 0.2) is 55.1 Å². The second-order valence-corrected chi connectivity index (χ2v) is 12.6. The number of aliphatic hydroxyl groups is 2. The van der Waals surface area contributed by atoms with E-state index in [1.54, 1.807) is 34.6 Å². The molecule has 9 nitrogen and oxygen atoms in total. The van der Waals surface area contributed by atoms with Crippen molar-refractivity contribution in [2.24, 2.45) is 11.8 Å². The molecule has 0 bridgehead atoms. The van der Waals surface area contributed by atoms with Gasteiger partial charge < -0.3 is 29.6 Å². The minimum Gasteiger partial charge on any atom is -0.394 e. The first-order valence-electron chi connectivity index (χ1n) is 14.8.